The number of carbonyl (C=O) groups is 1. The molecule has 1 aromatic rings. The van der Waals surface area contributed by atoms with Gasteiger partial charge in [-0.3, -0.25) is 4.79 Å². The molecule has 1 amide bonds. The lowest BCUT2D eigenvalue weighted by molar-refractivity contribution is -0.139. The number of carbonyl (C=O) groups excluding carboxylic acids is 1. The van der Waals surface area contributed by atoms with Gasteiger partial charge in [0, 0.05) is 16.3 Å². The number of thiophene rings is 1. The first-order valence-corrected chi connectivity index (χ1v) is 6.23. The van der Waals surface area contributed by atoms with Gasteiger partial charge in [0.2, 0.25) is 5.91 Å². The first-order chi connectivity index (χ1) is 8.28. The molecular formula is C11H15F3N2OS. The molecule has 1 atom stereocenters. The maximum atomic E-state index is 11.9. The Bertz CT molecular complexity index is 403. The van der Waals surface area contributed by atoms with E-state index in [2.05, 4.69) is 5.32 Å². The van der Waals surface area contributed by atoms with Crippen LogP contribution in [0.4, 0.5) is 13.2 Å². The normalized spacial score (nSPS) is 13.4. The number of nitrogens with one attached hydrogen (secondary N) is 2. The first-order valence-electron chi connectivity index (χ1n) is 5.41. The lowest BCUT2D eigenvalue weighted by Gasteiger charge is -2.14. The number of alkyl halides is 3. The van der Waals surface area contributed by atoms with Crippen molar-refractivity contribution in [3.63, 3.8) is 0 Å². The molecule has 0 saturated heterocycles. The van der Waals surface area contributed by atoms with E-state index in [9.17, 15) is 18.0 Å². The van der Waals surface area contributed by atoms with Gasteiger partial charge in [0.15, 0.2) is 0 Å². The zero-order valence-corrected chi connectivity index (χ0v) is 10.9. The molecule has 0 saturated carbocycles. The van der Waals surface area contributed by atoms with Crippen molar-refractivity contribution < 1.29 is 18.0 Å². The summed E-state index contributed by atoms with van der Waals surface area (Å²) in [5.74, 6) is -0.652. The highest BCUT2D eigenvalue weighted by molar-refractivity contribution is 7.11. The van der Waals surface area contributed by atoms with Crippen LogP contribution in [0.1, 0.15) is 16.7 Å². The van der Waals surface area contributed by atoms with Crippen LogP contribution in [0.2, 0.25) is 0 Å². The number of rotatable bonds is 5. The molecule has 0 fully saturated rings. The highest BCUT2D eigenvalue weighted by Crippen LogP contribution is 2.15. The summed E-state index contributed by atoms with van der Waals surface area (Å²) in [6.07, 6.45) is -4.37. The quantitative estimate of drug-likeness (QED) is 0.868. The Labute approximate surface area is 107 Å². The molecule has 1 rings (SSSR count). The summed E-state index contributed by atoms with van der Waals surface area (Å²) in [5, 5.41) is 4.72. The lowest BCUT2D eigenvalue weighted by Crippen LogP contribution is -2.44. The van der Waals surface area contributed by atoms with Crippen LogP contribution in [0.5, 0.6) is 0 Å². The molecule has 1 aromatic heterocycles. The van der Waals surface area contributed by atoms with Gasteiger partial charge < -0.3 is 10.6 Å². The molecule has 1 unspecified atom stereocenters. The molecule has 0 aliphatic rings. The molecule has 3 nitrogen and oxygen atoms in total. The molecule has 0 aromatic carbocycles. The number of hydrogen-bond acceptors (Lipinski definition) is 3. The average Bonchev–Trinajstić information content (AvgIpc) is 2.67. The molecule has 0 aliphatic carbocycles. The Hall–Kier alpha value is -1.08. The number of aryl methyl sites for hydroxylation is 1. The molecule has 7 heteroatoms. The zero-order chi connectivity index (χ0) is 13.8. The van der Waals surface area contributed by atoms with E-state index in [0.29, 0.717) is 6.54 Å². The van der Waals surface area contributed by atoms with Gasteiger partial charge in [-0.2, -0.15) is 13.2 Å². The third-order valence-electron chi connectivity index (χ3n) is 2.23. The molecule has 0 radical (unpaired) electrons. The topological polar surface area (TPSA) is 41.1 Å². The van der Waals surface area contributed by atoms with Crippen LogP contribution in [0.15, 0.2) is 12.1 Å². The van der Waals surface area contributed by atoms with Crippen molar-refractivity contribution >= 4 is 17.2 Å². The summed E-state index contributed by atoms with van der Waals surface area (Å²) >= 11 is 1.58. The Morgan fingerprint density at radius 1 is 1.44 bits per heavy atom. The van der Waals surface area contributed by atoms with Crippen LogP contribution in [-0.2, 0) is 11.3 Å². The Morgan fingerprint density at radius 2 is 2.11 bits per heavy atom. The summed E-state index contributed by atoms with van der Waals surface area (Å²) in [6.45, 7) is 2.68. The monoisotopic (exact) mass is 280 g/mol. The molecule has 18 heavy (non-hydrogen) atoms. The highest BCUT2D eigenvalue weighted by atomic mass is 32.1. The first kappa shape index (κ1) is 15.0. The number of amides is 1. The third kappa shape index (κ3) is 5.50. The van der Waals surface area contributed by atoms with E-state index in [1.54, 1.807) is 11.3 Å². The summed E-state index contributed by atoms with van der Waals surface area (Å²) < 4.78 is 35.7. The van der Waals surface area contributed by atoms with Gasteiger partial charge in [-0.1, -0.05) is 0 Å². The van der Waals surface area contributed by atoms with Crippen molar-refractivity contribution in [2.75, 3.05) is 6.54 Å². The fraction of sp³-hybridized carbons (Fsp3) is 0.545. The van der Waals surface area contributed by atoms with Crippen LogP contribution in [-0.4, -0.2) is 24.7 Å². The summed E-state index contributed by atoms with van der Waals surface area (Å²) in [6, 6.07) is 3.22. The minimum absolute atomic E-state index is 0.471. The average molecular weight is 280 g/mol. The second kappa shape index (κ2) is 6.19. The van der Waals surface area contributed by atoms with Crippen molar-refractivity contribution in [1.29, 1.82) is 0 Å². The second-order valence-corrected chi connectivity index (χ2v) is 5.32. The summed E-state index contributed by atoms with van der Waals surface area (Å²) in [4.78, 5) is 13.5. The minimum Gasteiger partial charge on any atom is -0.346 e. The summed E-state index contributed by atoms with van der Waals surface area (Å²) in [5.41, 5.74) is 0. The molecule has 0 bridgehead atoms. The van der Waals surface area contributed by atoms with Gasteiger partial charge in [0.05, 0.1) is 6.04 Å². The van der Waals surface area contributed by atoms with E-state index in [-0.39, 0.29) is 0 Å². The highest BCUT2D eigenvalue weighted by Gasteiger charge is 2.28. The largest absolute Gasteiger partial charge is 0.405 e. The molecular weight excluding hydrogens is 265 g/mol. The molecule has 2 N–H and O–H groups in total. The van der Waals surface area contributed by atoms with E-state index in [1.807, 2.05) is 24.4 Å². The van der Waals surface area contributed by atoms with Crippen molar-refractivity contribution in [3.05, 3.63) is 21.9 Å². The molecule has 0 aliphatic heterocycles. The number of halogens is 3. The minimum atomic E-state index is -4.37. The van der Waals surface area contributed by atoms with Gasteiger partial charge in [-0.05, 0) is 26.0 Å². The van der Waals surface area contributed by atoms with Crippen molar-refractivity contribution in [2.45, 2.75) is 32.6 Å². The van der Waals surface area contributed by atoms with E-state index >= 15 is 0 Å². The van der Waals surface area contributed by atoms with Gasteiger partial charge in [-0.25, -0.2) is 0 Å². The van der Waals surface area contributed by atoms with E-state index in [0.717, 1.165) is 9.75 Å². The standard InChI is InChI=1S/C11H15F3N2OS/c1-7-3-4-9(18-7)5-15-8(2)10(17)16-6-11(12,13)14/h3-4,8,15H,5-6H2,1-2H3,(H,16,17). The van der Waals surface area contributed by atoms with E-state index < -0.39 is 24.7 Å². The Kier molecular flexibility index (Phi) is 5.15. The van der Waals surface area contributed by atoms with E-state index in [4.69, 9.17) is 0 Å². The molecule has 0 spiro atoms. The van der Waals surface area contributed by atoms with Gasteiger partial charge in [-0.15, -0.1) is 11.3 Å². The van der Waals surface area contributed by atoms with Crippen molar-refractivity contribution in [2.24, 2.45) is 0 Å². The van der Waals surface area contributed by atoms with E-state index in [1.165, 1.54) is 6.92 Å². The smallest absolute Gasteiger partial charge is 0.346 e. The fourth-order valence-electron chi connectivity index (χ4n) is 1.27. The molecule has 102 valence electrons. The van der Waals surface area contributed by atoms with Crippen molar-refractivity contribution in [3.8, 4) is 0 Å². The third-order valence-corrected chi connectivity index (χ3v) is 3.24. The SMILES string of the molecule is Cc1ccc(CNC(C)C(=O)NCC(F)(F)F)s1. The van der Waals surface area contributed by atoms with Crippen LogP contribution >= 0.6 is 11.3 Å². The maximum Gasteiger partial charge on any atom is 0.405 e. The molecule has 1 heterocycles. The Morgan fingerprint density at radius 3 is 2.61 bits per heavy atom. The fourth-order valence-corrected chi connectivity index (χ4v) is 2.11. The Balaban J connectivity index is 2.32. The van der Waals surface area contributed by atoms with Gasteiger partial charge in [0.1, 0.15) is 6.54 Å². The van der Waals surface area contributed by atoms with Crippen LogP contribution in [0, 0.1) is 6.92 Å². The second-order valence-electron chi connectivity index (χ2n) is 3.95. The van der Waals surface area contributed by atoms with Crippen molar-refractivity contribution in [1.82, 2.24) is 10.6 Å². The zero-order valence-electron chi connectivity index (χ0n) is 10.1. The predicted octanol–water partition coefficient (Wildman–Crippen LogP) is 2.21. The summed E-state index contributed by atoms with van der Waals surface area (Å²) in [7, 11) is 0. The maximum absolute atomic E-state index is 11.9. The van der Waals surface area contributed by atoms with Crippen LogP contribution < -0.4 is 10.6 Å². The lowest BCUT2D eigenvalue weighted by atomic mass is 10.3. The van der Waals surface area contributed by atoms with Gasteiger partial charge in [0.25, 0.3) is 0 Å². The predicted molar refractivity (Wildman–Crippen MR) is 64.4 cm³/mol. The van der Waals surface area contributed by atoms with Gasteiger partial charge >= 0.3 is 6.18 Å². The number of hydrogen-bond donors (Lipinski definition) is 2. The van der Waals surface area contributed by atoms with Crippen LogP contribution in [0.3, 0.4) is 0 Å². The van der Waals surface area contributed by atoms with Crippen LogP contribution in [0.25, 0.3) is 0 Å².